The highest BCUT2D eigenvalue weighted by atomic mass is 16.5. The van der Waals surface area contributed by atoms with Gasteiger partial charge < -0.3 is 19.5 Å². The van der Waals surface area contributed by atoms with Crippen molar-refractivity contribution < 1.29 is 19.0 Å². The van der Waals surface area contributed by atoms with Gasteiger partial charge in [-0.15, -0.1) is 0 Å². The van der Waals surface area contributed by atoms with E-state index < -0.39 is 0 Å². The minimum atomic E-state index is -0.206. The molecule has 7 nitrogen and oxygen atoms in total. The highest BCUT2D eigenvalue weighted by Crippen LogP contribution is 2.37. The molecule has 2 aromatic heterocycles. The number of carbonyl (C=O) groups is 1. The summed E-state index contributed by atoms with van der Waals surface area (Å²) in [6.45, 7) is 0. The second kappa shape index (κ2) is 9.07. The van der Waals surface area contributed by atoms with Gasteiger partial charge in [-0.05, 0) is 59.3 Å². The van der Waals surface area contributed by atoms with Crippen LogP contribution >= 0.6 is 0 Å². The van der Waals surface area contributed by atoms with E-state index in [1.54, 1.807) is 57.1 Å². The number of aromatic nitrogens is 2. The molecule has 2 heterocycles. The number of methoxy groups -OCH3 is 2. The Balaban J connectivity index is 1.46. The van der Waals surface area contributed by atoms with Crippen molar-refractivity contribution in [3.8, 4) is 23.0 Å². The predicted molar refractivity (Wildman–Crippen MR) is 131 cm³/mol. The van der Waals surface area contributed by atoms with Gasteiger partial charge in [-0.25, -0.2) is 0 Å². The summed E-state index contributed by atoms with van der Waals surface area (Å²) in [6.07, 6.45) is 4.95. The predicted octanol–water partition coefficient (Wildman–Crippen LogP) is 5.84. The number of pyridine rings is 2. The van der Waals surface area contributed by atoms with Crippen LogP contribution in [0.15, 0.2) is 85.3 Å². The Morgan fingerprint density at radius 3 is 2.44 bits per heavy atom. The van der Waals surface area contributed by atoms with E-state index in [1.165, 1.54) is 0 Å². The Morgan fingerprint density at radius 2 is 1.65 bits per heavy atom. The quantitative estimate of drug-likeness (QED) is 0.349. The summed E-state index contributed by atoms with van der Waals surface area (Å²) in [7, 11) is 3.18. The van der Waals surface area contributed by atoms with Crippen LogP contribution in [0.3, 0.4) is 0 Å². The van der Waals surface area contributed by atoms with E-state index in [1.807, 2.05) is 42.5 Å². The number of nitrogens with one attached hydrogen (secondary N) is 1. The summed E-state index contributed by atoms with van der Waals surface area (Å²) < 4.78 is 17.0. The zero-order valence-electron chi connectivity index (χ0n) is 18.6. The van der Waals surface area contributed by atoms with Crippen molar-refractivity contribution in [2.24, 2.45) is 0 Å². The molecular formula is C27H21N3O4. The number of hydrogen-bond donors (Lipinski definition) is 1. The summed E-state index contributed by atoms with van der Waals surface area (Å²) >= 11 is 0. The number of rotatable bonds is 6. The molecule has 0 fully saturated rings. The molecule has 5 rings (SSSR count). The molecule has 0 spiro atoms. The summed E-state index contributed by atoms with van der Waals surface area (Å²) in [5.74, 6) is 2.26. The van der Waals surface area contributed by atoms with Crippen molar-refractivity contribution in [2.75, 3.05) is 19.5 Å². The van der Waals surface area contributed by atoms with Crippen LogP contribution in [0.2, 0.25) is 0 Å². The molecule has 0 bridgehead atoms. The van der Waals surface area contributed by atoms with Crippen LogP contribution in [0.4, 0.5) is 5.69 Å². The van der Waals surface area contributed by atoms with E-state index in [-0.39, 0.29) is 5.91 Å². The molecule has 5 aromatic rings. The number of hydrogen-bond acceptors (Lipinski definition) is 6. The lowest BCUT2D eigenvalue weighted by Crippen LogP contribution is -2.11. The molecule has 0 aliphatic heterocycles. The molecule has 0 unspecified atom stereocenters. The first-order valence-electron chi connectivity index (χ1n) is 10.6. The summed E-state index contributed by atoms with van der Waals surface area (Å²) in [5.41, 5.74) is 1.91. The number of fused-ring (bicyclic) bond motifs is 2. The lowest BCUT2D eigenvalue weighted by molar-refractivity contribution is 0.102. The third-order valence-corrected chi connectivity index (χ3v) is 5.43. The zero-order chi connectivity index (χ0) is 23.5. The molecule has 0 aliphatic carbocycles. The standard InChI is InChI=1S/C27H21N3O4/c1-32-25-14-22-23(15-26(25)33-2)29-11-9-24(22)34-21-8-7-17-5-6-18(12-19(17)13-21)27(31)30-20-4-3-10-28-16-20/h3-16H,1-2H3,(H,30,31). The monoisotopic (exact) mass is 451 g/mol. The maximum atomic E-state index is 12.7. The number of benzene rings is 3. The average Bonchev–Trinajstić information content (AvgIpc) is 2.88. The van der Waals surface area contributed by atoms with Crippen LogP contribution in [-0.4, -0.2) is 30.1 Å². The number of amides is 1. The van der Waals surface area contributed by atoms with E-state index in [2.05, 4.69) is 15.3 Å². The second-order valence-electron chi connectivity index (χ2n) is 7.56. The Kier molecular flexibility index (Phi) is 5.66. The topological polar surface area (TPSA) is 82.6 Å². The number of carbonyl (C=O) groups excluding carboxylic acids is 1. The fraction of sp³-hybridized carbons (Fsp3) is 0.0741. The molecule has 168 valence electrons. The number of anilines is 1. The molecule has 0 atom stereocenters. The maximum Gasteiger partial charge on any atom is 0.255 e. The van der Waals surface area contributed by atoms with Crippen molar-refractivity contribution >= 4 is 33.3 Å². The number of ether oxygens (including phenoxy) is 3. The molecule has 1 N–H and O–H groups in total. The fourth-order valence-electron chi connectivity index (χ4n) is 3.73. The lowest BCUT2D eigenvalue weighted by atomic mass is 10.1. The lowest BCUT2D eigenvalue weighted by Gasteiger charge is -2.13. The average molecular weight is 451 g/mol. The van der Waals surface area contributed by atoms with Gasteiger partial charge in [0.1, 0.15) is 11.5 Å². The first kappa shape index (κ1) is 21.2. The third kappa shape index (κ3) is 4.19. The van der Waals surface area contributed by atoms with Gasteiger partial charge in [-0.2, -0.15) is 0 Å². The normalized spacial score (nSPS) is 10.8. The Bertz CT molecular complexity index is 1500. The molecule has 0 radical (unpaired) electrons. The highest BCUT2D eigenvalue weighted by Gasteiger charge is 2.12. The zero-order valence-corrected chi connectivity index (χ0v) is 18.6. The van der Waals surface area contributed by atoms with Gasteiger partial charge in [-0.1, -0.05) is 12.1 Å². The summed E-state index contributed by atoms with van der Waals surface area (Å²) in [4.78, 5) is 21.1. The summed E-state index contributed by atoms with van der Waals surface area (Å²) in [5, 5.41) is 5.53. The number of nitrogens with zero attached hydrogens (tertiary/aromatic N) is 2. The van der Waals surface area contributed by atoms with Crippen LogP contribution < -0.4 is 19.5 Å². The molecule has 0 saturated heterocycles. The first-order valence-corrected chi connectivity index (χ1v) is 10.6. The van der Waals surface area contributed by atoms with Crippen molar-refractivity contribution in [1.29, 1.82) is 0 Å². The Morgan fingerprint density at radius 1 is 0.824 bits per heavy atom. The van der Waals surface area contributed by atoms with E-state index in [9.17, 15) is 4.79 Å². The van der Waals surface area contributed by atoms with Gasteiger partial charge in [0.15, 0.2) is 11.5 Å². The van der Waals surface area contributed by atoms with E-state index in [4.69, 9.17) is 14.2 Å². The molecule has 34 heavy (non-hydrogen) atoms. The van der Waals surface area contributed by atoms with Crippen LogP contribution in [0, 0.1) is 0 Å². The summed E-state index contributed by atoms with van der Waals surface area (Å²) in [6, 6.07) is 20.3. The highest BCUT2D eigenvalue weighted by molar-refractivity contribution is 6.06. The van der Waals surface area contributed by atoms with Gasteiger partial charge in [0.05, 0.1) is 31.6 Å². The first-order chi connectivity index (χ1) is 16.6. The smallest absolute Gasteiger partial charge is 0.255 e. The Labute approximate surface area is 195 Å². The molecule has 1 amide bonds. The molecule has 0 saturated carbocycles. The van der Waals surface area contributed by atoms with Gasteiger partial charge in [0.2, 0.25) is 0 Å². The second-order valence-corrected chi connectivity index (χ2v) is 7.56. The van der Waals surface area contributed by atoms with Crippen molar-refractivity contribution in [3.63, 3.8) is 0 Å². The van der Waals surface area contributed by atoms with E-state index in [0.29, 0.717) is 34.2 Å². The van der Waals surface area contributed by atoms with Crippen LogP contribution in [0.5, 0.6) is 23.0 Å². The van der Waals surface area contributed by atoms with Gasteiger partial charge >= 0.3 is 0 Å². The van der Waals surface area contributed by atoms with Crippen LogP contribution in [0.1, 0.15) is 10.4 Å². The minimum Gasteiger partial charge on any atom is -0.493 e. The molecule has 3 aromatic carbocycles. The molecule has 7 heteroatoms. The Hall–Kier alpha value is -4.65. The van der Waals surface area contributed by atoms with Gasteiger partial charge in [-0.3, -0.25) is 14.8 Å². The fourth-order valence-corrected chi connectivity index (χ4v) is 3.73. The van der Waals surface area contributed by atoms with Crippen molar-refractivity contribution in [3.05, 3.63) is 90.9 Å². The molecular weight excluding hydrogens is 430 g/mol. The van der Waals surface area contributed by atoms with E-state index >= 15 is 0 Å². The van der Waals surface area contributed by atoms with E-state index in [0.717, 1.165) is 21.7 Å². The van der Waals surface area contributed by atoms with Crippen LogP contribution in [-0.2, 0) is 0 Å². The largest absolute Gasteiger partial charge is 0.493 e. The third-order valence-electron chi connectivity index (χ3n) is 5.43. The van der Waals surface area contributed by atoms with Crippen molar-refractivity contribution in [2.45, 2.75) is 0 Å². The van der Waals surface area contributed by atoms with Crippen LogP contribution in [0.25, 0.3) is 21.7 Å². The van der Waals surface area contributed by atoms with Crippen molar-refractivity contribution in [1.82, 2.24) is 9.97 Å². The molecule has 0 aliphatic rings. The maximum absolute atomic E-state index is 12.7. The van der Waals surface area contributed by atoms with Gasteiger partial charge in [0, 0.05) is 29.4 Å². The minimum absolute atomic E-state index is 0.206. The SMILES string of the molecule is COc1cc2nccc(Oc3ccc4ccc(C(=O)Nc5cccnc5)cc4c3)c2cc1OC. The van der Waals surface area contributed by atoms with Gasteiger partial charge in [0.25, 0.3) is 5.91 Å².